The molecule has 2 aromatic carbocycles. The van der Waals surface area contributed by atoms with Crippen LogP contribution in [0, 0.1) is 16.0 Å². The van der Waals surface area contributed by atoms with Gasteiger partial charge in [-0.3, -0.25) is 19.7 Å². The van der Waals surface area contributed by atoms with E-state index in [1.807, 2.05) is 37.3 Å². The largest absolute Gasteiger partial charge is 0.483 e. The molecule has 146 valence electrons. The minimum absolute atomic E-state index is 0.0480. The minimum Gasteiger partial charge on any atom is -0.483 e. The fraction of sp³-hybridized carbons (Fsp3) is 0.333. The number of hydrogen-bond donors (Lipinski definition) is 0. The summed E-state index contributed by atoms with van der Waals surface area (Å²) in [6.07, 6.45) is 2.71. The Balaban J connectivity index is 1.71. The summed E-state index contributed by atoms with van der Waals surface area (Å²) >= 11 is 0. The number of benzene rings is 2. The van der Waals surface area contributed by atoms with E-state index in [2.05, 4.69) is 0 Å². The van der Waals surface area contributed by atoms with E-state index >= 15 is 0 Å². The lowest BCUT2D eigenvalue weighted by Gasteiger charge is -2.29. The van der Waals surface area contributed by atoms with E-state index < -0.39 is 4.92 Å². The minimum atomic E-state index is -0.582. The van der Waals surface area contributed by atoms with Gasteiger partial charge in [0.25, 0.3) is 11.6 Å². The fourth-order valence-corrected chi connectivity index (χ4v) is 3.17. The molecule has 1 fully saturated rings. The smallest absolute Gasteiger partial charge is 0.270 e. The van der Waals surface area contributed by atoms with E-state index in [0.717, 1.165) is 24.5 Å². The van der Waals surface area contributed by atoms with Crippen molar-refractivity contribution < 1.29 is 19.2 Å². The van der Waals surface area contributed by atoms with Gasteiger partial charge >= 0.3 is 0 Å². The number of ether oxygens (including phenoxy) is 1. The normalized spacial score (nSPS) is 14.2. The monoisotopic (exact) mass is 382 g/mol. The number of carbonyl (C=O) groups is 2. The molecule has 1 aliphatic carbocycles. The maximum Gasteiger partial charge on any atom is 0.270 e. The third kappa shape index (κ3) is 4.73. The number of amides is 1. The standard InChI is InChI=1S/C21H22N2O5/c1-15(17-7-8-17)22(12-16-5-3-2-4-6-16)21(25)14-28-20-10-9-19(23(26)27)11-18(20)13-24/h2-6,9-11,13,15,17H,7-8,12,14H2,1H3. The third-order valence-electron chi connectivity index (χ3n) is 4.99. The second kappa shape index (κ2) is 8.65. The first-order valence-corrected chi connectivity index (χ1v) is 9.19. The van der Waals surface area contributed by atoms with Gasteiger partial charge in [0.2, 0.25) is 0 Å². The van der Waals surface area contributed by atoms with E-state index in [1.54, 1.807) is 4.90 Å². The predicted octanol–water partition coefficient (Wildman–Crippen LogP) is 3.61. The van der Waals surface area contributed by atoms with Crippen LogP contribution in [-0.4, -0.2) is 34.7 Å². The zero-order valence-corrected chi connectivity index (χ0v) is 15.6. The molecule has 3 rings (SSSR count). The molecular formula is C21H22N2O5. The maximum absolute atomic E-state index is 12.9. The summed E-state index contributed by atoms with van der Waals surface area (Å²) in [5, 5.41) is 10.8. The van der Waals surface area contributed by atoms with Crippen LogP contribution in [-0.2, 0) is 11.3 Å². The number of non-ortho nitro benzene ring substituents is 1. The number of carbonyl (C=O) groups excluding carboxylic acids is 2. The molecule has 0 bridgehead atoms. The molecule has 2 aromatic rings. The van der Waals surface area contributed by atoms with Gasteiger partial charge in [-0.15, -0.1) is 0 Å². The predicted molar refractivity (Wildman–Crippen MR) is 103 cm³/mol. The van der Waals surface area contributed by atoms with Crippen molar-refractivity contribution >= 4 is 17.9 Å². The van der Waals surface area contributed by atoms with Crippen molar-refractivity contribution in [2.45, 2.75) is 32.4 Å². The Labute approximate surface area is 163 Å². The number of nitro benzene ring substituents is 1. The summed E-state index contributed by atoms with van der Waals surface area (Å²) in [7, 11) is 0. The molecule has 0 aliphatic heterocycles. The van der Waals surface area contributed by atoms with Gasteiger partial charge in [0.15, 0.2) is 12.9 Å². The third-order valence-corrected chi connectivity index (χ3v) is 4.99. The molecule has 0 N–H and O–H groups in total. The van der Waals surface area contributed by atoms with Gasteiger partial charge in [0.05, 0.1) is 10.5 Å². The zero-order valence-electron chi connectivity index (χ0n) is 15.6. The Morgan fingerprint density at radius 1 is 1.29 bits per heavy atom. The average molecular weight is 382 g/mol. The Morgan fingerprint density at radius 2 is 2.00 bits per heavy atom. The van der Waals surface area contributed by atoms with Crippen LogP contribution in [0.2, 0.25) is 0 Å². The number of hydrogen-bond acceptors (Lipinski definition) is 5. The molecule has 1 saturated carbocycles. The highest BCUT2D eigenvalue weighted by Gasteiger charge is 2.34. The van der Waals surface area contributed by atoms with Gasteiger partial charge < -0.3 is 9.64 Å². The fourth-order valence-electron chi connectivity index (χ4n) is 3.17. The molecule has 1 amide bonds. The number of rotatable bonds is 9. The van der Waals surface area contributed by atoms with E-state index in [1.165, 1.54) is 12.1 Å². The lowest BCUT2D eigenvalue weighted by atomic mass is 10.1. The summed E-state index contributed by atoms with van der Waals surface area (Å²) in [4.78, 5) is 36.2. The molecule has 0 aromatic heterocycles. The van der Waals surface area contributed by atoms with Crippen molar-refractivity contribution in [3.05, 3.63) is 69.8 Å². The number of nitrogens with zero attached hydrogens (tertiary/aromatic N) is 2. The van der Waals surface area contributed by atoms with Crippen molar-refractivity contribution in [2.24, 2.45) is 5.92 Å². The summed E-state index contributed by atoms with van der Waals surface area (Å²) in [5.41, 5.74) is 0.882. The van der Waals surface area contributed by atoms with Gasteiger partial charge in [0.1, 0.15) is 5.75 Å². The average Bonchev–Trinajstić information content (AvgIpc) is 3.55. The lowest BCUT2D eigenvalue weighted by Crippen LogP contribution is -2.42. The summed E-state index contributed by atoms with van der Waals surface area (Å²) < 4.78 is 5.55. The molecule has 28 heavy (non-hydrogen) atoms. The highest BCUT2D eigenvalue weighted by Crippen LogP contribution is 2.35. The Kier molecular flexibility index (Phi) is 6.03. The first-order chi connectivity index (χ1) is 13.5. The highest BCUT2D eigenvalue weighted by atomic mass is 16.6. The molecule has 0 saturated heterocycles. The number of nitro groups is 1. The SMILES string of the molecule is CC(C1CC1)N(Cc1ccccc1)C(=O)COc1ccc([N+](=O)[O-])cc1C=O. The van der Waals surface area contributed by atoms with E-state index in [-0.39, 0.29) is 35.6 Å². The van der Waals surface area contributed by atoms with Crippen molar-refractivity contribution in [3.8, 4) is 5.75 Å². The topological polar surface area (TPSA) is 89.8 Å². The summed E-state index contributed by atoms with van der Waals surface area (Å²) in [6, 6.07) is 13.6. The van der Waals surface area contributed by atoms with Crippen LogP contribution in [0.15, 0.2) is 48.5 Å². The van der Waals surface area contributed by atoms with Crippen LogP contribution in [0.25, 0.3) is 0 Å². The molecule has 0 heterocycles. The van der Waals surface area contributed by atoms with Crippen molar-refractivity contribution in [1.29, 1.82) is 0 Å². The van der Waals surface area contributed by atoms with E-state index in [4.69, 9.17) is 4.74 Å². The quantitative estimate of drug-likeness (QED) is 0.375. The van der Waals surface area contributed by atoms with Crippen molar-refractivity contribution in [2.75, 3.05) is 6.61 Å². The van der Waals surface area contributed by atoms with Crippen molar-refractivity contribution in [3.63, 3.8) is 0 Å². The molecule has 7 nitrogen and oxygen atoms in total. The second-order valence-electron chi connectivity index (χ2n) is 6.97. The molecule has 7 heteroatoms. The first-order valence-electron chi connectivity index (χ1n) is 9.19. The van der Waals surface area contributed by atoms with Gasteiger partial charge in [-0.25, -0.2) is 0 Å². The van der Waals surface area contributed by atoms with Gasteiger partial charge in [-0.1, -0.05) is 30.3 Å². The van der Waals surface area contributed by atoms with Gasteiger partial charge in [-0.2, -0.15) is 0 Å². The number of aldehydes is 1. The van der Waals surface area contributed by atoms with Gasteiger partial charge in [0, 0.05) is 24.7 Å². The highest BCUT2D eigenvalue weighted by molar-refractivity contribution is 5.82. The molecule has 1 atom stereocenters. The Hall–Kier alpha value is -3.22. The first kappa shape index (κ1) is 19.5. The lowest BCUT2D eigenvalue weighted by molar-refractivity contribution is -0.384. The summed E-state index contributed by atoms with van der Waals surface area (Å²) in [5.74, 6) is 0.476. The molecular weight excluding hydrogens is 360 g/mol. The van der Waals surface area contributed by atoms with Gasteiger partial charge in [-0.05, 0) is 37.3 Å². The van der Waals surface area contributed by atoms with Crippen LogP contribution in [0.4, 0.5) is 5.69 Å². The summed E-state index contributed by atoms with van der Waals surface area (Å²) in [6.45, 7) is 2.30. The Bertz CT molecular complexity index is 864. The van der Waals surface area contributed by atoms with Crippen LogP contribution in [0.1, 0.15) is 35.7 Å². The molecule has 0 radical (unpaired) electrons. The molecule has 1 aliphatic rings. The van der Waals surface area contributed by atoms with E-state index in [9.17, 15) is 19.7 Å². The van der Waals surface area contributed by atoms with Crippen molar-refractivity contribution in [1.82, 2.24) is 4.90 Å². The van der Waals surface area contributed by atoms with Crippen LogP contribution in [0.5, 0.6) is 5.75 Å². The van der Waals surface area contributed by atoms with E-state index in [0.29, 0.717) is 18.7 Å². The molecule has 1 unspecified atom stereocenters. The van der Waals surface area contributed by atoms with Crippen LogP contribution >= 0.6 is 0 Å². The van der Waals surface area contributed by atoms with Crippen LogP contribution < -0.4 is 4.74 Å². The van der Waals surface area contributed by atoms with Crippen LogP contribution in [0.3, 0.4) is 0 Å². The maximum atomic E-state index is 12.9. The Morgan fingerprint density at radius 3 is 2.61 bits per heavy atom. The zero-order chi connectivity index (χ0) is 20.1. The molecule has 0 spiro atoms. The second-order valence-corrected chi connectivity index (χ2v) is 6.97.